The summed E-state index contributed by atoms with van der Waals surface area (Å²) in [6.07, 6.45) is 0.672. The predicted octanol–water partition coefficient (Wildman–Crippen LogP) is 3.52. The topological polar surface area (TPSA) is 50.2 Å². The fourth-order valence-electron chi connectivity index (χ4n) is 2.72. The number of hydrogen-bond donors (Lipinski definition) is 1. The molecule has 0 unspecified atom stereocenters. The van der Waals surface area contributed by atoms with Gasteiger partial charge in [-0.25, -0.2) is 9.50 Å². The molecule has 2 heterocycles. The Labute approximate surface area is 127 Å². The van der Waals surface area contributed by atoms with Crippen LogP contribution in [0.1, 0.15) is 23.9 Å². The van der Waals surface area contributed by atoms with Gasteiger partial charge in [0, 0.05) is 27.5 Å². The first kappa shape index (κ1) is 13.9. The molecule has 1 aromatic carbocycles. The first-order valence-corrected chi connectivity index (χ1v) is 7.27. The Morgan fingerprint density at radius 3 is 2.76 bits per heavy atom. The van der Waals surface area contributed by atoms with Gasteiger partial charge in [0.05, 0.1) is 0 Å². The Kier molecular flexibility index (Phi) is 3.33. The highest BCUT2D eigenvalue weighted by atomic mass is 35.5. The van der Waals surface area contributed by atoms with E-state index in [4.69, 9.17) is 11.6 Å². The number of aromatic nitrogens is 3. The van der Waals surface area contributed by atoms with Crippen molar-refractivity contribution in [2.75, 3.05) is 0 Å². The van der Waals surface area contributed by atoms with Gasteiger partial charge in [-0.3, -0.25) is 9.89 Å². The Balaban J connectivity index is 2.40. The zero-order valence-electron chi connectivity index (χ0n) is 12.2. The molecule has 1 N–H and O–H groups in total. The number of aryl methyl sites for hydroxylation is 2. The smallest absolute Gasteiger partial charge is 0.276 e. The maximum Gasteiger partial charge on any atom is 0.276 e. The number of H-pyrrole nitrogens is 1. The molecule has 3 aromatic rings. The molecule has 0 fully saturated rings. The quantitative estimate of drug-likeness (QED) is 0.787. The average molecular weight is 302 g/mol. The second-order valence-electron chi connectivity index (χ2n) is 5.12. The summed E-state index contributed by atoms with van der Waals surface area (Å²) < 4.78 is 1.53. The third-order valence-electron chi connectivity index (χ3n) is 3.73. The molecule has 0 saturated heterocycles. The molecule has 4 nitrogen and oxygen atoms in total. The summed E-state index contributed by atoms with van der Waals surface area (Å²) >= 11 is 6.08. The molecule has 0 radical (unpaired) electrons. The lowest BCUT2D eigenvalue weighted by atomic mass is 10.1. The van der Waals surface area contributed by atoms with E-state index in [0.717, 1.165) is 28.1 Å². The standard InChI is InChI=1S/C16H16ClN3O/c1-4-13-9(2)18-15-14(10(3)19-20(15)16(13)21)11-6-5-7-12(17)8-11/h5-8,19H,4H2,1-3H3. The number of nitrogens with one attached hydrogen (secondary N) is 1. The lowest BCUT2D eigenvalue weighted by molar-refractivity contribution is 0.841. The van der Waals surface area contributed by atoms with Crippen LogP contribution < -0.4 is 5.56 Å². The molecule has 0 aliphatic rings. The van der Waals surface area contributed by atoms with Crippen LogP contribution in [-0.4, -0.2) is 14.6 Å². The van der Waals surface area contributed by atoms with E-state index in [0.29, 0.717) is 17.1 Å². The van der Waals surface area contributed by atoms with E-state index in [1.165, 1.54) is 4.52 Å². The highest BCUT2D eigenvalue weighted by Gasteiger charge is 2.16. The van der Waals surface area contributed by atoms with Crippen LogP contribution >= 0.6 is 11.6 Å². The van der Waals surface area contributed by atoms with Gasteiger partial charge in [0.25, 0.3) is 5.56 Å². The fourth-order valence-corrected chi connectivity index (χ4v) is 2.91. The molecule has 2 aromatic heterocycles. The lowest BCUT2D eigenvalue weighted by Crippen LogP contribution is -2.21. The van der Waals surface area contributed by atoms with Crippen molar-refractivity contribution in [2.45, 2.75) is 27.2 Å². The minimum absolute atomic E-state index is 0.0311. The van der Waals surface area contributed by atoms with E-state index < -0.39 is 0 Å². The minimum Gasteiger partial charge on any atom is -0.293 e. The van der Waals surface area contributed by atoms with Crippen LogP contribution in [0, 0.1) is 13.8 Å². The van der Waals surface area contributed by atoms with E-state index in [2.05, 4.69) is 10.1 Å². The molecule has 0 spiro atoms. The third kappa shape index (κ3) is 2.16. The van der Waals surface area contributed by atoms with Crippen molar-refractivity contribution in [3.05, 3.63) is 56.6 Å². The van der Waals surface area contributed by atoms with Gasteiger partial charge in [0.15, 0.2) is 5.65 Å². The lowest BCUT2D eigenvalue weighted by Gasteiger charge is -2.04. The molecule has 0 bridgehead atoms. The van der Waals surface area contributed by atoms with Gasteiger partial charge >= 0.3 is 0 Å². The number of aromatic amines is 1. The summed E-state index contributed by atoms with van der Waals surface area (Å²) in [5.41, 5.74) is 4.91. The number of benzene rings is 1. The zero-order chi connectivity index (χ0) is 15.1. The van der Waals surface area contributed by atoms with Crippen molar-refractivity contribution in [1.29, 1.82) is 0 Å². The number of fused-ring (bicyclic) bond motifs is 1. The first-order valence-electron chi connectivity index (χ1n) is 6.89. The molecule has 21 heavy (non-hydrogen) atoms. The van der Waals surface area contributed by atoms with Crippen LogP contribution in [0.2, 0.25) is 5.02 Å². The van der Waals surface area contributed by atoms with Crippen LogP contribution in [0.5, 0.6) is 0 Å². The number of hydrogen-bond acceptors (Lipinski definition) is 2. The highest BCUT2D eigenvalue weighted by molar-refractivity contribution is 6.30. The molecular formula is C16H16ClN3O. The normalized spacial score (nSPS) is 11.2. The largest absolute Gasteiger partial charge is 0.293 e. The molecule has 0 aliphatic heterocycles. The van der Waals surface area contributed by atoms with Crippen molar-refractivity contribution >= 4 is 17.2 Å². The van der Waals surface area contributed by atoms with Gasteiger partial charge in [-0.2, -0.15) is 0 Å². The van der Waals surface area contributed by atoms with Crippen LogP contribution in [0.25, 0.3) is 16.8 Å². The van der Waals surface area contributed by atoms with E-state index in [-0.39, 0.29) is 5.56 Å². The number of halogens is 1. The van der Waals surface area contributed by atoms with Gasteiger partial charge < -0.3 is 0 Å². The van der Waals surface area contributed by atoms with Crippen molar-refractivity contribution in [3.8, 4) is 11.1 Å². The molecule has 0 atom stereocenters. The summed E-state index contributed by atoms with van der Waals surface area (Å²) in [5, 5.41) is 3.78. The van der Waals surface area contributed by atoms with Crippen molar-refractivity contribution in [2.24, 2.45) is 0 Å². The maximum atomic E-state index is 12.5. The maximum absolute atomic E-state index is 12.5. The summed E-state index contributed by atoms with van der Waals surface area (Å²) in [6.45, 7) is 5.78. The van der Waals surface area contributed by atoms with Crippen LogP contribution in [0.15, 0.2) is 29.1 Å². The predicted molar refractivity (Wildman–Crippen MR) is 85.1 cm³/mol. The van der Waals surface area contributed by atoms with Gasteiger partial charge in [0.1, 0.15) is 0 Å². The van der Waals surface area contributed by atoms with Crippen LogP contribution in [-0.2, 0) is 6.42 Å². The molecule has 0 saturated carbocycles. The van der Waals surface area contributed by atoms with Gasteiger partial charge in [-0.05, 0) is 38.0 Å². The monoisotopic (exact) mass is 301 g/mol. The summed E-state index contributed by atoms with van der Waals surface area (Å²) in [6, 6.07) is 7.57. The van der Waals surface area contributed by atoms with E-state index in [9.17, 15) is 4.79 Å². The van der Waals surface area contributed by atoms with Gasteiger partial charge in [0.2, 0.25) is 0 Å². The zero-order valence-corrected chi connectivity index (χ0v) is 13.0. The Hall–Kier alpha value is -2.07. The van der Waals surface area contributed by atoms with Crippen molar-refractivity contribution < 1.29 is 0 Å². The summed E-state index contributed by atoms with van der Waals surface area (Å²) in [5.74, 6) is 0. The Morgan fingerprint density at radius 1 is 1.33 bits per heavy atom. The number of rotatable bonds is 2. The minimum atomic E-state index is -0.0311. The van der Waals surface area contributed by atoms with Crippen molar-refractivity contribution in [1.82, 2.24) is 14.6 Å². The molecule has 5 heteroatoms. The third-order valence-corrected chi connectivity index (χ3v) is 3.96. The fraction of sp³-hybridized carbons (Fsp3) is 0.250. The van der Waals surface area contributed by atoms with E-state index >= 15 is 0 Å². The summed E-state index contributed by atoms with van der Waals surface area (Å²) in [7, 11) is 0. The van der Waals surface area contributed by atoms with Crippen molar-refractivity contribution in [3.63, 3.8) is 0 Å². The van der Waals surface area contributed by atoms with Gasteiger partial charge in [-0.1, -0.05) is 30.7 Å². The van der Waals surface area contributed by atoms with E-state index in [1.807, 2.05) is 45.0 Å². The first-order chi connectivity index (χ1) is 10.0. The molecule has 0 aliphatic carbocycles. The summed E-state index contributed by atoms with van der Waals surface area (Å²) in [4.78, 5) is 17.1. The SMILES string of the molecule is CCc1c(C)nc2c(-c3cccc(Cl)c3)c(C)[nH]n2c1=O. The second kappa shape index (κ2) is 5.04. The van der Waals surface area contributed by atoms with Crippen LogP contribution in [0.3, 0.4) is 0 Å². The molecule has 0 amide bonds. The molecular weight excluding hydrogens is 286 g/mol. The van der Waals surface area contributed by atoms with E-state index in [1.54, 1.807) is 0 Å². The highest BCUT2D eigenvalue weighted by Crippen LogP contribution is 2.28. The molecule has 108 valence electrons. The Bertz CT molecular complexity index is 892. The second-order valence-corrected chi connectivity index (χ2v) is 5.55. The average Bonchev–Trinajstić information content (AvgIpc) is 2.76. The number of nitrogens with zero attached hydrogens (tertiary/aromatic N) is 2. The van der Waals surface area contributed by atoms with Crippen LogP contribution in [0.4, 0.5) is 0 Å². The molecule has 3 rings (SSSR count). The van der Waals surface area contributed by atoms with Gasteiger partial charge in [-0.15, -0.1) is 0 Å². The Morgan fingerprint density at radius 2 is 2.10 bits per heavy atom.